The number of allylic oxidation sites excluding steroid dienone is 4. The van der Waals surface area contributed by atoms with Gasteiger partial charge in [0.05, 0.1) is 23.1 Å². The van der Waals surface area contributed by atoms with Crippen LogP contribution in [0.15, 0.2) is 48.8 Å². The quantitative estimate of drug-likeness (QED) is 0.493. The molecule has 6 nitrogen and oxygen atoms in total. The van der Waals surface area contributed by atoms with Crippen molar-refractivity contribution in [3.8, 4) is 11.4 Å². The van der Waals surface area contributed by atoms with Crippen LogP contribution in [0.4, 0.5) is 0 Å². The molecule has 2 aliphatic rings. The first-order valence-corrected chi connectivity index (χ1v) is 10.3. The van der Waals surface area contributed by atoms with Gasteiger partial charge in [-0.05, 0) is 56.1 Å². The molecular weight excluding hydrogens is 360 g/mol. The minimum atomic E-state index is 0.517. The van der Waals surface area contributed by atoms with Gasteiger partial charge in [0.2, 0.25) is 0 Å². The highest BCUT2D eigenvalue weighted by Crippen LogP contribution is 2.34. The molecule has 6 rings (SSSR count). The summed E-state index contributed by atoms with van der Waals surface area (Å²) in [5, 5.41) is 13.4. The van der Waals surface area contributed by atoms with E-state index in [2.05, 4.69) is 55.8 Å². The lowest BCUT2D eigenvalue weighted by molar-refractivity contribution is 0.453. The summed E-state index contributed by atoms with van der Waals surface area (Å²) in [4.78, 5) is 12.9. The van der Waals surface area contributed by atoms with Crippen LogP contribution in [0.3, 0.4) is 0 Å². The molecule has 144 valence electrons. The van der Waals surface area contributed by atoms with Gasteiger partial charge in [0.15, 0.2) is 0 Å². The van der Waals surface area contributed by atoms with Crippen molar-refractivity contribution in [3.63, 3.8) is 0 Å². The van der Waals surface area contributed by atoms with E-state index in [0.29, 0.717) is 5.92 Å². The highest BCUT2D eigenvalue weighted by molar-refractivity contribution is 5.99. The summed E-state index contributed by atoms with van der Waals surface area (Å²) >= 11 is 0. The van der Waals surface area contributed by atoms with Crippen LogP contribution < -0.4 is 5.32 Å². The molecule has 29 heavy (non-hydrogen) atoms. The second-order valence-corrected chi connectivity index (χ2v) is 7.85. The summed E-state index contributed by atoms with van der Waals surface area (Å²) in [6, 6.07) is 6.42. The molecule has 6 heteroatoms. The molecule has 1 saturated heterocycles. The van der Waals surface area contributed by atoms with Gasteiger partial charge in [0.25, 0.3) is 0 Å². The Labute approximate surface area is 168 Å². The Morgan fingerprint density at radius 2 is 1.86 bits per heavy atom. The molecule has 5 heterocycles. The molecule has 1 aliphatic carbocycles. The van der Waals surface area contributed by atoms with Gasteiger partial charge in [-0.3, -0.25) is 15.1 Å². The smallest absolute Gasteiger partial charge is 0.116 e. The van der Waals surface area contributed by atoms with E-state index in [-0.39, 0.29) is 0 Å². The fourth-order valence-corrected chi connectivity index (χ4v) is 4.52. The molecule has 0 spiro atoms. The van der Waals surface area contributed by atoms with Crippen molar-refractivity contribution >= 4 is 27.4 Å². The molecule has 0 unspecified atom stereocenters. The second-order valence-electron chi connectivity index (χ2n) is 7.85. The third kappa shape index (κ3) is 2.79. The van der Waals surface area contributed by atoms with Gasteiger partial charge in [-0.25, -0.2) is 0 Å². The van der Waals surface area contributed by atoms with Gasteiger partial charge in [-0.2, -0.15) is 5.10 Å². The number of piperidine rings is 1. The maximum absolute atomic E-state index is 4.71. The first-order valence-electron chi connectivity index (χ1n) is 10.3. The van der Waals surface area contributed by atoms with Gasteiger partial charge >= 0.3 is 0 Å². The summed E-state index contributed by atoms with van der Waals surface area (Å²) in [7, 11) is 0. The van der Waals surface area contributed by atoms with Gasteiger partial charge in [0.1, 0.15) is 5.69 Å². The fraction of sp³-hybridized carbons (Fsp3) is 0.261. The number of H-pyrrole nitrogens is 2. The number of rotatable bonds is 3. The lowest BCUT2D eigenvalue weighted by Crippen LogP contribution is -2.27. The molecule has 0 bridgehead atoms. The lowest BCUT2D eigenvalue weighted by Gasteiger charge is -2.22. The third-order valence-corrected chi connectivity index (χ3v) is 6.07. The van der Waals surface area contributed by atoms with E-state index >= 15 is 0 Å². The van der Waals surface area contributed by atoms with Crippen molar-refractivity contribution < 1.29 is 0 Å². The molecule has 1 aliphatic heterocycles. The number of nitrogens with one attached hydrogen (secondary N) is 3. The predicted octanol–water partition coefficient (Wildman–Crippen LogP) is 4.31. The first-order chi connectivity index (χ1) is 14.4. The molecule has 0 aromatic carbocycles. The molecule has 4 aromatic heterocycles. The summed E-state index contributed by atoms with van der Waals surface area (Å²) in [6.45, 7) is 2.12. The largest absolute Gasteiger partial charge is 0.353 e. The minimum absolute atomic E-state index is 0.517. The van der Waals surface area contributed by atoms with Crippen molar-refractivity contribution in [1.82, 2.24) is 30.5 Å². The molecule has 3 N–H and O–H groups in total. The van der Waals surface area contributed by atoms with E-state index in [4.69, 9.17) is 4.98 Å². The zero-order valence-electron chi connectivity index (χ0n) is 16.1. The average molecular weight is 382 g/mol. The molecule has 0 saturated carbocycles. The molecule has 0 radical (unpaired) electrons. The van der Waals surface area contributed by atoms with Crippen molar-refractivity contribution in [2.24, 2.45) is 0 Å². The highest BCUT2D eigenvalue weighted by atomic mass is 15.1. The van der Waals surface area contributed by atoms with Crippen LogP contribution in [-0.4, -0.2) is 38.2 Å². The molecule has 0 amide bonds. The van der Waals surface area contributed by atoms with Crippen LogP contribution in [-0.2, 0) is 0 Å². The van der Waals surface area contributed by atoms with Crippen molar-refractivity contribution in [2.45, 2.75) is 25.2 Å². The second kappa shape index (κ2) is 6.67. The highest BCUT2D eigenvalue weighted by Gasteiger charge is 2.19. The number of aromatic amines is 2. The zero-order valence-corrected chi connectivity index (χ0v) is 16.1. The number of fused-ring (bicyclic) bond motifs is 2. The molecule has 0 atom stereocenters. The normalized spacial score (nSPS) is 17.4. The van der Waals surface area contributed by atoms with Crippen molar-refractivity contribution in [2.75, 3.05) is 13.1 Å². The number of aromatic nitrogens is 5. The summed E-state index contributed by atoms with van der Waals surface area (Å²) in [5.41, 5.74) is 7.37. The van der Waals surface area contributed by atoms with Crippen LogP contribution in [0.2, 0.25) is 0 Å². The Morgan fingerprint density at radius 3 is 2.72 bits per heavy atom. The lowest BCUT2D eigenvalue weighted by atomic mass is 9.93. The average Bonchev–Trinajstić information content (AvgIpc) is 3.52. The summed E-state index contributed by atoms with van der Waals surface area (Å²) < 4.78 is 0. The molecule has 1 fully saturated rings. The maximum atomic E-state index is 4.71. The van der Waals surface area contributed by atoms with E-state index < -0.39 is 0 Å². The zero-order chi connectivity index (χ0) is 19.2. The monoisotopic (exact) mass is 382 g/mol. The van der Waals surface area contributed by atoms with Gasteiger partial charge in [-0.15, -0.1) is 0 Å². The Hall–Kier alpha value is -3.25. The topological polar surface area (TPSA) is 82.3 Å². The van der Waals surface area contributed by atoms with E-state index in [0.717, 1.165) is 71.2 Å². The van der Waals surface area contributed by atoms with Crippen LogP contribution >= 0.6 is 0 Å². The molecule has 4 aromatic rings. The van der Waals surface area contributed by atoms with E-state index in [1.807, 2.05) is 18.5 Å². The number of nitrogens with zero attached hydrogens (tertiary/aromatic N) is 3. The van der Waals surface area contributed by atoms with E-state index in [9.17, 15) is 0 Å². The Kier molecular flexibility index (Phi) is 3.84. The fourth-order valence-electron chi connectivity index (χ4n) is 4.52. The van der Waals surface area contributed by atoms with Crippen LogP contribution in [0.25, 0.3) is 38.8 Å². The Morgan fingerprint density at radius 1 is 0.966 bits per heavy atom. The Balaban J connectivity index is 1.47. The number of hydrogen-bond acceptors (Lipinski definition) is 4. The number of pyridine rings is 2. The van der Waals surface area contributed by atoms with Crippen LogP contribution in [0, 0.1) is 0 Å². The maximum Gasteiger partial charge on any atom is 0.116 e. The van der Waals surface area contributed by atoms with E-state index in [1.165, 1.54) is 11.3 Å². The van der Waals surface area contributed by atoms with Gasteiger partial charge in [0, 0.05) is 34.1 Å². The summed E-state index contributed by atoms with van der Waals surface area (Å²) in [6.07, 6.45) is 13.6. The van der Waals surface area contributed by atoms with Crippen LogP contribution in [0.5, 0.6) is 0 Å². The van der Waals surface area contributed by atoms with Gasteiger partial charge in [-0.1, -0.05) is 18.2 Å². The molecular formula is C23H22N6. The summed E-state index contributed by atoms with van der Waals surface area (Å²) in [5.74, 6) is 0.517. The minimum Gasteiger partial charge on any atom is -0.353 e. The number of hydrogen-bond donors (Lipinski definition) is 3. The van der Waals surface area contributed by atoms with Crippen LogP contribution in [0.1, 0.15) is 36.6 Å². The third-order valence-electron chi connectivity index (χ3n) is 6.07. The van der Waals surface area contributed by atoms with Gasteiger partial charge < -0.3 is 10.3 Å². The van der Waals surface area contributed by atoms with Crippen molar-refractivity contribution in [3.05, 3.63) is 60.2 Å². The standard InChI is InChI=1S/C23H22N6/c1-2-4-15(3-1)22-16-12-20(27-18(16)7-10-25-22)23-17-11-19(14-5-8-24-9-6-14)26-13-21(17)28-29-23/h1,3-4,7,10-14,24,27H,2,5-6,8-9H2,(H,28,29). The Bertz CT molecular complexity index is 1270. The van der Waals surface area contributed by atoms with Crippen molar-refractivity contribution in [1.29, 1.82) is 0 Å². The SMILES string of the molecule is C1=CC(c2nccc3[nH]c(-c4n[nH]c5cnc(C6CCNCC6)cc45)cc23)=CC1. The van der Waals surface area contributed by atoms with E-state index in [1.54, 1.807) is 0 Å². The first kappa shape index (κ1) is 16.7. The predicted molar refractivity (Wildman–Crippen MR) is 116 cm³/mol.